The van der Waals surface area contributed by atoms with Gasteiger partial charge in [0.05, 0.1) is 6.07 Å². The van der Waals surface area contributed by atoms with Crippen LogP contribution in [0.3, 0.4) is 0 Å². The van der Waals surface area contributed by atoms with E-state index in [9.17, 15) is 4.79 Å². The highest BCUT2D eigenvalue weighted by molar-refractivity contribution is 5.77. The molecule has 18 heavy (non-hydrogen) atoms. The second-order valence-corrected chi connectivity index (χ2v) is 3.81. The Morgan fingerprint density at radius 3 is 2.72 bits per heavy atom. The fourth-order valence-electron chi connectivity index (χ4n) is 1.38. The molecule has 1 aromatic carbocycles. The number of hydrogen-bond donors (Lipinski definition) is 2. The van der Waals surface area contributed by atoms with Crippen molar-refractivity contribution in [2.45, 2.75) is 19.4 Å². The Morgan fingerprint density at radius 2 is 2.17 bits per heavy atom. The lowest BCUT2D eigenvalue weighted by atomic mass is 10.1. The van der Waals surface area contributed by atoms with E-state index in [1.807, 2.05) is 25.1 Å². The standard InChI is InChI=1S/C13H17N3O2/c1-2-12(15)10-3-5-11(6-4-10)18-9-13(17)16-8-7-14/h3-6,12H,2,8-9,15H2,1H3,(H,16,17)/t12-/m0/s1. The largest absolute Gasteiger partial charge is 0.484 e. The average molecular weight is 247 g/mol. The summed E-state index contributed by atoms with van der Waals surface area (Å²) in [5.41, 5.74) is 6.93. The Balaban J connectivity index is 2.44. The van der Waals surface area contributed by atoms with E-state index >= 15 is 0 Å². The minimum absolute atomic E-state index is 0.00746. The fourth-order valence-corrected chi connectivity index (χ4v) is 1.38. The minimum atomic E-state index is -0.314. The van der Waals surface area contributed by atoms with E-state index in [-0.39, 0.29) is 25.1 Å². The van der Waals surface area contributed by atoms with Crippen LogP contribution < -0.4 is 15.8 Å². The van der Waals surface area contributed by atoms with Gasteiger partial charge in [0.1, 0.15) is 12.3 Å². The van der Waals surface area contributed by atoms with Crippen LogP contribution in [0.2, 0.25) is 0 Å². The quantitative estimate of drug-likeness (QED) is 0.737. The van der Waals surface area contributed by atoms with Crippen LogP contribution in [-0.2, 0) is 4.79 Å². The van der Waals surface area contributed by atoms with E-state index in [0.29, 0.717) is 5.75 Å². The van der Waals surface area contributed by atoms with Crippen molar-refractivity contribution in [3.8, 4) is 11.8 Å². The molecule has 0 spiro atoms. The molecular weight excluding hydrogens is 230 g/mol. The van der Waals surface area contributed by atoms with Gasteiger partial charge in [0.25, 0.3) is 5.91 Å². The van der Waals surface area contributed by atoms with E-state index in [1.165, 1.54) is 0 Å². The number of nitrogens with one attached hydrogen (secondary N) is 1. The lowest BCUT2D eigenvalue weighted by Gasteiger charge is -2.10. The molecule has 3 N–H and O–H groups in total. The number of carbonyl (C=O) groups excluding carboxylic acids is 1. The van der Waals surface area contributed by atoms with Crippen molar-refractivity contribution >= 4 is 5.91 Å². The zero-order chi connectivity index (χ0) is 13.4. The van der Waals surface area contributed by atoms with Crippen molar-refractivity contribution < 1.29 is 9.53 Å². The topological polar surface area (TPSA) is 88.1 Å². The molecule has 0 radical (unpaired) electrons. The molecule has 0 aliphatic rings. The summed E-state index contributed by atoms with van der Waals surface area (Å²) in [6.07, 6.45) is 0.872. The van der Waals surface area contributed by atoms with E-state index in [4.69, 9.17) is 15.7 Å². The lowest BCUT2D eigenvalue weighted by Crippen LogP contribution is -2.29. The van der Waals surface area contributed by atoms with Crippen LogP contribution in [0.15, 0.2) is 24.3 Å². The molecule has 0 heterocycles. The van der Waals surface area contributed by atoms with Crippen molar-refractivity contribution in [3.05, 3.63) is 29.8 Å². The first-order chi connectivity index (χ1) is 8.67. The summed E-state index contributed by atoms with van der Waals surface area (Å²) in [5.74, 6) is 0.292. The van der Waals surface area contributed by atoms with Gasteiger partial charge in [0.2, 0.25) is 0 Å². The number of nitrogens with zero attached hydrogens (tertiary/aromatic N) is 1. The predicted molar refractivity (Wildman–Crippen MR) is 67.8 cm³/mol. The summed E-state index contributed by atoms with van der Waals surface area (Å²) in [7, 11) is 0. The van der Waals surface area contributed by atoms with E-state index in [1.54, 1.807) is 12.1 Å². The van der Waals surface area contributed by atoms with Crippen molar-refractivity contribution in [1.82, 2.24) is 5.32 Å². The third-order valence-corrected chi connectivity index (χ3v) is 2.48. The third kappa shape index (κ3) is 4.44. The SMILES string of the molecule is CC[C@H](N)c1ccc(OCC(=O)NCC#N)cc1. The summed E-state index contributed by atoms with van der Waals surface area (Å²) in [4.78, 5) is 11.2. The molecule has 0 unspecified atom stereocenters. The van der Waals surface area contributed by atoms with Gasteiger partial charge >= 0.3 is 0 Å². The Bertz CT molecular complexity index is 423. The molecule has 1 rings (SSSR count). The molecule has 5 nitrogen and oxygen atoms in total. The molecule has 96 valence electrons. The molecule has 5 heteroatoms. The van der Waals surface area contributed by atoms with Gasteiger partial charge in [-0.05, 0) is 24.1 Å². The normalized spacial score (nSPS) is 11.4. The molecular formula is C13H17N3O2. The van der Waals surface area contributed by atoms with Gasteiger partial charge in [-0.15, -0.1) is 0 Å². The predicted octanol–water partition coefficient (Wildman–Crippen LogP) is 1.11. The van der Waals surface area contributed by atoms with Crippen molar-refractivity contribution in [1.29, 1.82) is 5.26 Å². The van der Waals surface area contributed by atoms with Crippen LogP contribution in [0.5, 0.6) is 5.75 Å². The maximum Gasteiger partial charge on any atom is 0.258 e. The molecule has 0 bridgehead atoms. The van der Waals surface area contributed by atoms with Gasteiger partial charge in [-0.1, -0.05) is 19.1 Å². The average Bonchev–Trinajstić information content (AvgIpc) is 2.42. The summed E-state index contributed by atoms with van der Waals surface area (Å²) in [6, 6.07) is 9.18. The maximum atomic E-state index is 11.2. The van der Waals surface area contributed by atoms with Gasteiger partial charge in [-0.3, -0.25) is 4.79 Å². The molecule has 1 aromatic rings. The second-order valence-electron chi connectivity index (χ2n) is 3.81. The van der Waals surface area contributed by atoms with Gasteiger partial charge in [0.15, 0.2) is 6.61 Å². The highest BCUT2D eigenvalue weighted by Crippen LogP contribution is 2.18. The van der Waals surface area contributed by atoms with E-state index in [2.05, 4.69) is 5.32 Å². The summed E-state index contributed by atoms with van der Waals surface area (Å²) >= 11 is 0. The number of nitrogens with two attached hydrogens (primary N) is 1. The number of nitriles is 1. The number of amides is 1. The van der Waals surface area contributed by atoms with E-state index < -0.39 is 0 Å². The van der Waals surface area contributed by atoms with Crippen LogP contribution in [0.1, 0.15) is 24.9 Å². The number of benzene rings is 1. The van der Waals surface area contributed by atoms with Gasteiger partial charge in [-0.2, -0.15) is 5.26 Å². The van der Waals surface area contributed by atoms with Crippen LogP contribution in [-0.4, -0.2) is 19.1 Å². The molecule has 0 fully saturated rings. The molecule has 0 saturated heterocycles. The summed E-state index contributed by atoms with van der Waals surface area (Å²) in [6.45, 7) is 1.92. The molecule has 0 aliphatic heterocycles. The maximum absolute atomic E-state index is 11.2. The first kappa shape index (κ1) is 14.0. The van der Waals surface area contributed by atoms with Crippen LogP contribution in [0.25, 0.3) is 0 Å². The van der Waals surface area contributed by atoms with E-state index in [0.717, 1.165) is 12.0 Å². The first-order valence-electron chi connectivity index (χ1n) is 5.79. The minimum Gasteiger partial charge on any atom is -0.484 e. The fraction of sp³-hybridized carbons (Fsp3) is 0.385. The van der Waals surface area contributed by atoms with Gasteiger partial charge in [-0.25, -0.2) is 0 Å². The monoisotopic (exact) mass is 247 g/mol. The Morgan fingerprint density at radius 1 is 1.50 bits per heavy atom. The summed E-state index contributed by atoms with van der Waals surface area (Å²) < 4.78 is 5.27. The van der Waals surface area contributed by atoms with Crippen LogP contribution in [0, 0.1) is 11.3 Å². The van der Waals surface area contributed by atoms with Crippen LogP contribution in [0.4, 0.5) is 0 Å². The number of rotatable bonds is 6. The van der Waals surface area contributed by atoms with Crippen molar-refractivity contribution in [3.63, 3.8) is 0 Å². The number of hydrogen-bond acceptors (Lipinski definition) is 4. The second kappa shape index (κ2) is 7.30. The molecule has 0 aliphatic carbocycles. The molecule has 0 saturated carbocycles. The highest BCUT2D eigenvalue weighted by Gasteiger charge is 2.04. The van der Waals surface area contributed by atoms with Gasteiger partial charge < -0.3 is 15.8 Å². The zero-order valence-electron chi connectivity index (χ0n) is 10.3. The number of ether oxygens (including phenoxy) is 1. The third-order valence-electron chi connectivity index (χ3n) is 2.48. The zero-order valence-corrected chi connectivity index (χ0v) is 10.3. The summed E-state index contributed by atoms with van der Waals surface area (Å²) in [5, 5.41) is 10.7. The molecule has 1 amide bonds. The highest BCUT2D eigenvalue weighted by atomic mass is 16.5. The molecule has 0 aromatic heterocycles. The van der Waals surface area contributed by atoms with Crippen molar-refractivity contribution in [2.24, 2.45) is 5.73 Å². The van der Waals surface area contributed by atoms with Gasteiger partial charge in [0, 0.05) is 6.04 Å². The van der Waals surface area contributed by atoms with Crippen molar-refractivity contribution in [2.75, 3.05) is 13.2 Å². The Labute approximate surface area is 107 Å². The first-order valence-corrected chi connectivity index (χ1v) is 5.79. The molecule has 1 atom stereocenters. The Hall–Kier alpha value is -2.06. The smallest absolute Gasteiger partial charge is 0.258 e. The Kier molecular flexibility index (Phi) is 5.68. The number of carbonyl (C=O) groups is 1. The van der Waals surface area contributed by atoms with Crippen LogP contribution >= 0.6 is 0 Å². The lowest BCUT2D eigenvalue weighted by molar-refractivity contribution is -0.122.